The zero-order valence-electron chi connectivity index (χ0n) is 10.8. The number of hydrogen-bond acceptors (Lipinski definition) is 4. The van der Waals surface area contributed by atoms with Crippen molar-refractivity contribution in [1.29, 1.82) is 0 Å². The van der Waals surface area contributed by atoms with Crippen LogP contribution in [0.25, 0.3) is 0 Å². The highest BCUT2D eigenvalue weighted by atomic mass is 16.5. The molecule has 0 saturated heterocycles. The van der Waals surface area contributed by atoms with Crippen LogP contribution in [0, 0.1) is 5.41 Å². The van der Waals surface area contributed by atoms with Crippen LogP contribution >= 0.6 is 0 Å². The molecule has 1 aliphatic rings. The van der Waals surface area contributed by atoms with E-state index in [1.54, 1.807) is 18.5 Å². The molecule has 3 rings (SSSR count). The van der Waals surface area contributed by atoms with E-state index in [2.05, 4.69) is 9.97 Å². The van der Waals surface area contributed by atoms with Gasteiger partial charge in [-0.1, -0.05) is 18.2 Å². The number of rotatable bonds is 3. The summed E-state index contributed by atoms with van der Waals surface area (Å²) in [7, 11) is 0. The van der Waals surface area contributed by atoms with Gasteiger partial charge in [0.25, 0.3) is 0 Å². The molecule has 1 aromatic carbocycles. The van der Waals surface area contributed by atoms with Crippen LogP contribution in [0.5, 0.6) is 5.75 Å². The number of carboxylic acids is 1. The first-order valence-corrected chi connectivity index (χ1v) is 6.40. The smallest absolute Gasteiger partial charge is 0.313 e. The van der Waals surface area contributed by atoms with E-state index in [-0.39, 0.29) is 13.0 Å². The van der Waals surface area contributed by atoms with E-state index >= 15 is 0 Å². The molecule has 0 aliphatic carbocycles. The van der Waals surface area contributed by atoms with Crippen molar-refractivity contribution in [2.75, 3.05) is 6.61 Å². The van der Waals surface area contributed by atoms with Gasteiger partial charge in [0.1, 0.15) is 23.6 Å². The van der Waals surface area contributed by atoms with Gasteiger partial charge >= 0.3 is 5.97 Å². The number of benzene rings is 1. The Bertz CT molecular complexity index is 630. The summed E-state index contributed by atoms with van der Waals surface area (Å²) in [6.45, 7) is 0.137. The fourth-order valence-electron chi connectivity index (χ4n) is 2.47. The monoisotopic (exact) mass is 270 g/mol. The molecular formula is C15H14N2O3. The van der Waals surface area contributed by atoms with Gasteiger partial charge in [0, 0.05) is 18.8 Å². The second kappa shape index (κ2) is 4.92. The average Bonchev–Trinajstić information content (AvgIpc) is 2.48. The molecule has 0 bridgehead atoms. The van der Waals surface area contributed by atoms with Gasteiger partial charge in [-0.05, 0) is 24.1 Å². The molecule has 1 atom stereocenters. The molecule has 0 amide bonds. The minimum absolute atomic E-state index is 0.137. The Morgan fingerprint density at radius 2 is 2.00 bits per heavy atom. The van der Waals surface area contributed by atoms with Crippen LogP contribution in [-0.4, -0.2) is 27.7 Å². The fourth-order valence-corrected chi connectivity index (χ4v) is 2.47. The molecule has 0 spiro atoms. The van der Waals surface area contributed by atoms with E-state index in [0.717, 1.165) is 11.3 Å². The molecule has 1 aromatic heterocycles. The SMILES string of the molecule is O=C(O)C1(Cc2ncccn2)COc2ccccc2C1. The molecule has 0 saturated carbocycles. The lowest BCUT2D eigenvalue weighted by Gasteiger charge is -2.33. The van der Waals surface area contributed by atoms with Crippen molar-refractivity contribution in [3.8, 4) is 5.75 Å². The first-order valence-electron chi connectivity index (χ1n) is 6.40. The van der Waals surface area contributed by atoms with Gasteiger partial charge in [-0.25, -0.2) is 9.97 Å². The van der Waals surface area contributed by atoms with Crippen LogP contribution in [0.15, 0.2) is 42.7 Å². The third kappa shape index (κ3) is 2.22. The Kier molecular flexibility index (Phi) is 3.10. The summed E-state index contributed by atoms with van der Waals surface area (Å²) in [5, 5.41) is 9.64. The Morgan fingerprint density at radius 1 is 1.25 bits per heavy atom. The van der Waals surface area contributed by atoms with Crippen molar-refractivity contribution in [2.24, 2.45) is 5.41 Å². The van der Waals surface area contributed by atoms with Crippen LogP contribution in [0.3, 0.4) is 0 Å². The molecule has 5 nitrogen and oxygen atoms in total. The Balaban J connectivity index is 1.93. The van der Waals surface area contributed by atoms with Gasteiger partial charge in [0.2, 0.25) is 0 Å². The first kappa shape index (κ1) is 12.6. The number of para-hydroxylation sites is 1. The second-order valence-corrected chi connectivity index (χ2v) is 5.00. The summed E-state index contributed by atoms with van der Waals surface area (Å²) in [5.41, 5.74) is -0.0903. The molecule has 0 radical (unpaired) electrons. The molecule has 102 valence electrons. The Labute approximate surface area is 116 Å². The summed E-state index contributed by atoms with van der Waals surface area (Å²) >= 11 is 0. The van der Waals surface area contributed by atoms with Crippen LogP contribution in [0.1, 0.15) is 11.4 Å². The lowest BCUT2D eigenvalue weighted by Crippen LogP contribution is -2.44. The number of nitrogens with zero attached hydrogens (tertiary/aromatic N) is 2. The van der Waals surface area contributed by atoms with Gasteiger partial charge in [-0.3, -0.25) is 4.79 Å². The largest absolute Gasteiger partial charge is 0.492 e. The van der Waals surface area contributed by atoms with E-state index < -0.39 is 11.4 Å². The predicted molar refractivity (Wildman–Crippen MR) is 71.4 cm³/mol. The zero-order chi connectivity index (χ0) is 14.0. The highest BCUT2D eigenvalue weighted by molar-refractivity contribution is 5.76. The van der Waals surface area contributed by atoms with E-state index in [9.17, 15) is 9.90 Å². The maximum Gasteiger partial charge on any atom is 0.313 e. The minimum atomic E-state index is -1.00. The van der Waals surface area contributed by atoms with E-state index in [1.807, 2.05) is 24.3 Å². The molecule has 5 heteroatoms. The van der Waals surface area contributed by atoms with Crippen LogP contribution in [0.2, 0.25) is 0 Å². The third-order valence-corrected chi connectivity index (χ3v) is 3.57. The third-order valence-electron chi connectivity index (χ3n) is 3.57. The van der Waals surface area contributed by atoms with Crippen LogP contribution in [0.4, 0.5) is 0 Å². The summed E-state index contributed by atoms with van der Waals surface area (Å²) in [6.07, 6.45) is 3.93. The molecular weight excluding hydrogens is 256 g/mol. The van der Waals surface area contributed by atoms with Crippen molar-refractivity contribution < 1.29 is 14.6 Å². The van der Waals surface area contributed by atoms with Crippen molar-refractivity contribution >= 4 is 5.97 Å². The maximum atomic E-state index is 11.8. The van der Waals surface area contributed by atoms with E-state index in [4.69, 9.17) is 4.74 Å². The minimum Gasteiger partial charge on any atom is -0.492 e. The lowest BCUT2D eigenvalue weighted by atomic mass is 9.77. The summed E-state index contributed by atoms with van der Waals surface area (Å²) in [6, 6.07) is 9.24. The molecule has 1 aliphatic heterocycles. The van der Waals surface area contributed by atoms with Gasteiger partial charge in [-0.15, -0.1) is 0 Å². The number of carbonyl (C=O) groups is 1. The van der Waals surface area contributed by atoms with Crippen LogP contribution < -0.4 is 4.74 Å². The number of aromatic nitrogens is 2. The molecule has 0 fully saturated rings. The van der Waals surface area contributed by atoms with Gasteiger partial charge < -0.3 is 9.84 Å². The molecule has 20 heavy (non-hydrogen) atoms. The van der Waals surface area contributed by atoms with Crippen molar-refractivity contribution in [3.63, 3.8) is 0 Å². The normalized spacial score (nSPS) is 20.8. The zero-order valence-corrected chi connectivity index (χ0v) is 10.8. The van der Waals surface area contributed by atoms with E-state index in [1.165, 1.54) is 0 Å². The number of carboxylic acid groups (broad SMARTS) is 1. The van der Waals surface area contributed by atoms with Crippen molar-refractivity contribution in [1.82, 2.24) is 9.97 Å². The standard InChI is InChI=1S/C15H14N2O3/c18-14(19)15(9-13-16-6-3-7-17-13)8-11-4-1-2-5-12(11)20-10-15/h1-7H,8-10H2,(H,18,19). The summed E-state index contributed by atoms with van der Waals surface area (Å²) < 4.78 is 5.64. The summed E-state index contributed by atoms with van der Waals surface area (Å²) in [4.78, 5) is 20.0. The van der Waals surface area contributed by atoms with Gasteiger partial charge in [-0.2, -0.15) is 0 Å². The molecule has 2 heterocycles. The Morgan fingerprint density at radius 3 is 2.75 bits per heavy atom. The fraction of sp³-hybridized carbons (Fsp3) is 0.267. The van der Waals surface area contributed by atoms with Gasteiger partial charge in [0.05, 0.1) is 0 Å². The van der Waals surface area contributed by atoms with Crippen molar-refractivity contribution in [2.45, 2.75) is 12.8 Å². The number of hydrogen-bond donors (Lipinski definition) is 1. The molecule has 2 aromatic rings. The maximum absolute atomic E-state index is 11.8. The van der Waals surface area contributed by atoms with E-state index in [0.29, 0.717) is 12.2 Å². The number of fused-ring (bicyclic) bond motifs is 1. The van der Waals surface area contributed by atoms with Crippen LogP contribution in [-0.2, 0) is 17.6 Å². The van der Waals surface area contributed by atoms with Gasteiger partial charge in [0.15, 0.2) is 0 Å². The Hall–Kier alpha value is -2.43. The highest BCUT2D eigenvalue weighted by Crippen LogP contribution is 2.36. The van der Waals surface area contributed by atoms with Crippen molar-refractivity contribution in [3.05, 3.63) is 54.1 Å². The topological polar surface area (TPSA) is 72.3 Å². The number of aliphatic carboxylic acids is 1. The molecule has 1 N–H and O–H groups in total. The quantitative estimate of drug-likeness (QED) is 0.919. The predicted octanol–water partition coefficient (Wildman–Crippen LogP) is 1.73. The summed E-state index contributed by atoms with van der Waals surface area (Å²) in [5.74, 6) is 0.413. The molecule has 1 unspecified atom stereocenters. The average molecular weight is 270 g/mol. The second-order valence-electron chi connectivity index (χ2n) is 5.00. The lowest BCUT2D eigenvalue weighted by molar-refractivity contribution is -0.151. The highest BCUT2D eigenvalue weighted by Gasteiger charge is 2.43. The number of ether oxygens (including phenoxy) is 1. The first-order chi connectivity index (χ1) is 9.70.